The van der Waals surface area contributed by atoms with E-state index in [9.17, 15) is 14.3 Å². The molecule has 0 aromatic heterocycles. The number of carbonyl (C=O) groups is 1. The van der Waals surface area contributed by atoms with Crippen molar-refractivity contribution in [2.45, 2.75) is 26.2 Å². The summed E-state index contributed by atoms with van der Waals surface area (Å²) in [4.78, 5) is 11.4. The molecule has 2 rings (SSSR count). The monoisotopic (exact) mass is 302 g/mol. The van der Waals surface area contributed by atoms with E-state index in [1.165, 1.54) is 18.2 Å². The van der Waals surface area contributed by atoms with E-state index in [-0.39, 0.29) is 13.0 Å². The molecule has 0 bridgehead atoms. The molecule has 116 valence electrons. The lowest BCUT2D eigenvalue weighted by Gasteiger charge is -2.15. The van der Waals surface area contributed by atoms with Gasteiger partial charge in [0.15, 0.2) is 0 Å². The van der Waals surface area contributed by atoms with Crippen LogP contribution in [0.15, 0.2) is 42.5 Å². The van der Waals surface area contributed by atoms with Gasteiger partial charge in [0, 0.05) is 0 Å². The maximum Gasteiger partial charge on any atom is 0.311 e. The fourth-order valence-corrected chi connectivity index (χ4v) is 2.40. The van der Waals surface area contributed by atoms with Crippen LogP contribution in [0.5, 0.6) is 5.75 Å². The number of benzene rings is 2. The Balaban J connectivity index is 2.02. The summed E-state index contributed by atoms with van der Waals surface area (Å²) in [7, 11) is 0. The first-order valence-electron chi connectivity index (χ1n) is 7.15. The molecule has 0 saturated heterocycles. The Kier molecular flexibility index (Phi) is 5.15. The molecule has 4 heteroatoms. The third-order valence-corrected chi connectivity index (χ3v) is 3.54. The summed E-state index contributed by atoms with van der Waals surface area (Å²) in [5.41, 5.74) is 2.61. The molecule has 1 N–H and O–H groups in total. The summed E-state index contributed by atoms with van der Waals surface area (Å²) in [6.45, 7) is 4.21. The van der Waals surface area contributed by atoms with Crippen molar-refractivity contribution in [2.24, 2.45) is 0 Å². The number of carboxylic acid groups (broad SMARTS) is 1. The summed E-state index contributed by atoms with van der Waals surface area (Å²) >= 11 is 0. The largest absolute Gasteiger partial charge is 0.493 e. The molecule has 0 spiro atoms. The fourth-order valence-electron chi connectivity index (χ4n) is 2.40. The van der Waals surface area contributed by atoms with E-state index in [2.05, 4.69) is 0 Å². The molecule has 0 heterocycles. The standard InChI is InChI=1S/C18H19FO3/c1-12-6-7-17(13(2)10-12)22-9-8-16(18(20)21)14-4-3-5-15(19)11-14/h3-7,10-11,16H,8-9H2,1-2H3,(H,20,21). The number of ether oxygens (including phenoxy) is 1. The van der Waals surface area contributed by atoms with Crippen molar-refractivity contribution in [3.8, 4) is 5.75 Å². The lowest BCUT2D eigenvalue weighted by atomic mass is 9.96. The zero-order chi connectivity index (χ0) is 16.1. The Labute approximate surface area is 129 Å². The van der Waals surface area contributed by atoms with Gasteiger partial charge in [0.1, 0.15) is 11.6 Å². The minimum absolute atomic E-state index is 0.261. The molecular formula is C18H19FO3. The van der Waals surface area contributed by atoms with Crippen molar-refractivity contribution < 1.29 is 19.0 Å². The van der Waals surface area contributed by atoms with E-state index in [1.54, 1.807) is 6.07 Å². The zero-order valence-electron chi connectivity index (χ0n) is 12.7. The van der Waals surface area contributed by atoms with Crippen LogP contribution in [0.25, 0.3) is 0 Å². The van der Waals surface area contributed by atoms with Gasteiger partial charge in [-0.2, -0.15) is 0 Å². The van der Waals surface area contributed by atoms with Crippen molar-refractivity contribution in [3.05, 3.63) is 65.0 Å². The number of hydrogen-bond acceptors (Lipinski definition) is 2. The highest BCUT2D eigenvalue weighted by Crippen LogP contribution is 2.23. The van der Waals surface area contributed by atoms with Crippen LogP contribution < -0.4 is 4.74 Å². The summed E-state index contributed by atoms with van der Waals surface area (Å²) in [5, 5.41) is 9.33. The molecule has 0 saturated carbocycles. The van der Waals surface area contributed by atoms with E-state index >= 15 is 0 Å². The molecule has 3 nitrogen and oxygen atoms in total. The first-order valence-corrected chi connectivity index (χ1v) is 7.15. The SMILES string of the molecule is Cc1ccc(OCCC(C(=O)O)c2cccc(F)c2)c(C)c1. The molecule has 22 heavy (non-hydrogen) atoms. The quantitative estimate of drug-likeness (QED) is 0.874. The molecule has 0 radical (unpaired) electrons. The third-order valence-electron chi connectivity index (χ3n) is 3.54. The Morgan fingerprint density at radius 3 is 2.64 bits per heavy atom. The molecule has 0 fully saturated rings. The predicted molar refractivity (Wildman–Crippen MR) is 82.8 cm³/mol. The normalized spacial score (nSPS) is 12.0. The Morgan fingerprint density at radius 1 is 1.23 bits per heavy atom. The average Bonchev–Trinajstić information content (AvgIpc) is 2.45. The highest BCUT2D eigenvalue weighted by Gasteiger charge is 2.20. The van der Waals surface area contributed by atoms with E-state index in [0.29, 0.717) is 5.56 Å². The number of hydrogen-bond donors (Lipinski definition) is 1. The molecule has 2 aromatic rings. The molecule has 0 aliphatic heterocycles. The Morgan fingerprint density at radius 2 is 2.00 bits per heavy atom. The number of halogens is 1. The van der Waals surface area contributed by atoms with Gasteiger partial charge in [-0.25, -0.2) is 4.39 Å². The van der Waals surface area contributed by atoms with Crippen LogP contribution in [0.3, 0.4) is 0 Å². The van der Waals surface area contributed by atoms with Crippen LogP contribution >= 0.6 is 0 Å². The summed E-state index contributed by atoms with van der Waals surface area (Å²) in [5.74, 6) is -1.44. The van der Waals surface area contributed by atoms with Gasteiger partial charge >= 0.3 is 5.97 Å². The van der Waals surface area contributed by atoms with Gasteiger partial charge in [-0.1, -0.05) is 29.8 Å². The maximum atomic E-state index is 13.2. The lowest BCUT2D eigenvalue weighted by Crippen LogP contribution is -2.15. The summed E-state index contributed by atoms with van der Waals surface area (Å²) in [6, 6.07) is 11.5. The van der Waals surface area contributed by atoms with E-state index in [0.717, 1.165) is 16.9 Å². The minimum atomic E-state index is -0.977. The second kappa shape index (κ2) is 7.07. The lowest BCUT2D eigenvalue weighted by molar-refractivity contribution is -0.139. The van der Waals surface area contributed by atoms with E-state index in [4.69, 9.17) is 4.74 Å². The number of carboxylic acids is 1. The smallest absolute Gasteiger partial charge is 0.311 e. The summed E-state index contributed by atoms with van der Waals surface area (Å²) < 4.78 is 18.9. The van der Waals surface area contributed by atoms with Crippen LogP contribution in [0.2, 0.25) is 0 Å². The first kappa shape index (κ1) is 16.0. The maximum absolute atomic E-state index is 13.2. The van der Waals surface area contributed by atoms with Crippen LogP contribution in [0, 0.1) is 19.7 Å². The minimum Gasteiger partial charge on any atom is -0.493 e. The van der Waals surface area contributed by atoms with Crippen LogP contribution in [-0.2, 0) is 4.79 Å². The third kappa shape index (κ3) is 4.07. The zero-order valence-corrected chi connectivity index (χ0v) is 12.7. The molecule has 1 atom stereocenters. The van der Waals surface area contributed by atoms with Crippen molar-refractivity contribution in [1.29, 1.82) is 0 Å². The topological polar surface area (TPSA) is 46.5 Å². The van der Waals surface area contributed by atoms with E-state index < -0.39 is 17.7 Å². The second-order valence-electron chi connectivity index (χ2n) is 5.35. The molecule has 0 amide bonds. The number of rotatable bonds is 6. The van der Waals surface area contributed by atoms with E-state index in [1.807, 2.05) is 32.0 Å². The van der Waals surface area contributed by atoms with Crippen LogP contribution in [0.4, 0.5) is 4.39 Å². The molecule has 1 unspecified atom stereocenters. The van der Waals surface area contributed by atoms with Gasteiger partial charge in [0.2, 0.25) is 0 Å². The van der Waals surface area contributed by atoms with Crippen LogP contribution in [-0.4, -0.2) is 17.7 Å². The molecule has 0 aliphatic carbocycles. The van der Waals surface area contributed by atoms with Gasteiger partial charge in [0.25, 0.3) is 0 Å². The highest BCUT2D eigenvalue weighted by molar-refractivity contribution is 5.76. The number of aryl methyl sites for hydroxylation is 2. The van der Waals surface area contributed by atoms with Gasteiger partial charge in [-0.15, -0.1) is 0 Å². The first-order chi connectivity index (χ1) is 10.5. The van der Waals surface area contributed by atoms with Crippen LogP contribution in [0.1, 0.15) is 29.0 Å². The average molecular weight is 302 g/mol. The van der Waals surface area contributed by atoms with Gasteiger partial charge in [-0.3, -0.25) is 4.79 Å². The predicted octanol–water partition coefficient (Wildman–Crippen LogP) is 4.08. The summed E-state index contributed by atoms with van der Waals surface area (Å²) in [6.07, 6.45) is 0.284. The number of aliphatic carboxylic acids is 1. The Hall–Kier alpha value is -2.36. The van der Waals surface area contributed by atoms with Crippen molar-refractivity contribution in [3.63, 3.8) is 0 Å². The van der Waals surface area contributed by atoms with Gasteiger partial charge < -0.3 is 9.84 Å². The van der Waals surface area contributed by atoms with Crippen molar-refractivity contribution in [2.75, 3.05) is 6.61 Å². The van der Waals surface area contributed by atoms with Gasteiger partial charge in [-0.05, 0) is 49.6 Å². The fraction of sp³-hybridized carbons (Fsp3) is 0.278. The van der Waals surface area contributed by atoms with Gasteiger partial charge in [0.05, 0.1) is 12.5 Å². The molecule has 0 aliphatic rings. The second-order valence-corrected chi connectivity index (χ2v) is 5.35. The Bertz CT molecular complexity index is 667. The molecule has 2 aromatic carbocycles. The molecular weight excluding hydrogens is 283 g/mol. The highest BCUT2D eigenvalue weighted by atomic mass is 19.1. The van der Waals surface area contributed by atoms with Crippen molar-refractivity contribution >= 4 is 5.97 Å². The van der Waals surface area contributed by atoms with Crippen molar-refractivity contribution in [1.82, 2.24) is 0 Å².